The molecule has 0 unspecified atom stereocenters. The molecule has 1 aromatic heterocycles. The quantitative estimate of drug-likeness (QED) is 0.452. The summed E-state index contributed by atoms with van der Waals surface area (Å²) in [5.41, 5.74) is 2.44. The first-order valence-electron chi connectivity index (χ1n) is 9.58. The molecular formula is C23H18N2O5S. The fraction of sp³-hybridized carbons (Fsp3) is 0.130. The number of rotatable bonds is 6. The standard InChI is InChI=1S/C23H18N2O5S/c26-19(15-7-9-17-14(12-15)8-10-21(27)24-17)13-30-23(29)16-4-1-2-5-18(16)25-22(28)20-6-3-11-31-20/h1-7,9,11-12H,8,10,13H2,(H,24,27)(H,25,28). The van der Waals surface area contributed by atoms with Crippen molar-refractivity contribution in [1.82, 2.24) is 0 Å². The third-order valence-electron chi connectivity index (χ3n) is 4.80. The second-order valence-corrected chi connectivity index (χ2v) is 7.84. The second-order valence-electron chi connectivity index (χ2n) is 6.90. The number of hydrogen-bond donors (Lipinski definition) is 2. The number of aryl methyl sites for hydroxylation is 1. The normalized spacial score (nSPS) is 12.5. The van der Waals surface area contributed by atoms with E-state index in [0.717, 1.165) is 5.56 Å². The molecule has 156 valence electrons. The Balaban J connectivity index is 1.42. The first-order valence-corrected chi connectivity index (χ1v) is 10.5. The van der Waals surface area contributed by atoms with Gasteiger partial charge in [0, 0.05) is 17.7 Å². The monoisotopic (exact) mass is 434 g/mol. The van der Waals surface area contributed by atoms with Crippen LogP contribution in [0.4, 0.5) is 11.4 Å². The van der Waals surface area contributed by atoms with Crippen molar-refractivity contribution in [2.24, 2.45) is 0 Å². The fourth-order valence-electron chi connectivity index (χ4n) is 3.21. The zero-order valence-corrected chi connectivity index (χ0v) is 17.2. The lowest BCUT2D eigenvalue weighted by molar-refractivity contribution is -0.116. The van der Waals surface area contributed by atoms with Gasteiger partial charge in [0.2, 0.25) is 5.91 Å². The molecule has 2 heterocycles. The lowest BCUT2D eigenvalue weighted by atomic mass is 9.99. The van der Waals surface area contributed by atoms with E-state index in [1.807, 2.05) is 0 Å². The molecular weight excluding hydrogens is 416 g/mol. The van der Waals surface area contributed by atoms with E-state index in [9.17, 15) is 19.2 Å². The van der Waals surface area contributed by atoms with Crippen LogP contribution in [0.15, 0.2) is 60.0 Å². The Hall–Kier alpha value is -3.78. The zero-order valence-electron chi connectivity index (χ0n) is 16.3. The summed E-state index contributed by atoms with van der Waals surface area (Å²) in [7, 11) is 0. The van der Waals surface area contributed by atoms with E-state index in [-0.39, 0.29) is 23.2 Å². The molecule has 1 aliphatic rings. The van der Waals surface area contributed by atoms with Crippen molar-refractivity contribution in [2.45, 2.75) is 12.8 Å². The van der Waals surface area contributed by atoms with Crippen LogP contribution >= 0.6 is 11.3 Å². The number of carbonyl (C=O) groups excluding carboxylic acids is 4. The molecule has 2 aromatic carbocycles. The molecule has 0 fully saturated rings. The highest BCUT2D eigenvalue weighted by Crippen LogP contribution is 2.24. The van der Waals surface area contributed by atoms with Gasteiger partial charge >= 0.3 is 5.97 Å². The Morgan fingerprint density at radius 3 is 2.68 bits per heavy atom. The van der Waals surface area contributed by atoms with Crippen molar-refractivity contribution in [3.8, 4) is 0 Å². The maximum atomic E-state index is 12.6. The summed E-state index contributed by atoms with van der Waals surface area (Å²) in [6, 6.07) is 14.9. The molecule has 2 amide bonds. The number of ketones is 1. The molecule has 31 heavy (non-hydrogen) atoms. The topological polar surface area (TPSA) is 102 Å². The number of para-hydroxylation sites is 1. The van der Waals surface area contributed by atoms with Crippen molar-refractivity contribution in [2.75, 3.05) is 17.2 Å². The van der Waals surface area contributed by atoms with E-state index in [2.05, 4.69) is 10.6 Å². The predicted octanol–water partition coefficient (Wildman–Crippen LogP) is 3.92. The number of Topliss-reactive ketones (excluding diaryl/α,β-unsaturated/α-hetero) is 1. The van der Waals surface area contributed by atoms with Crippen molar-refractivity contribution in [3.63, 3.8) is 0 Å². The molecule has 1 aliphatic heterocycles. The third kappa shape index (κ3) is 4.70. The highest BCUT2D eigenvalue weighted by Gasteiger charge is 2.19. The van der Waals surface area contributed by atoms with Crippen LogP contribution < -0.4 is 10.6 Å². The molecule has 0 atom stereocenters. The number of thiophene rings is 1. The summed E-state index contributed by atoms with van der Waals surface area (Å²) in [5.74, 6) is -1.44. The van der Waals surface area contributed by atoms with E-state index in [1.165, 1.54) is 17.4 Å². The maximum absolute atomic E-state index is 12.6. The average Bonchev–Trinajstić information content (AvgIpc) is 3.32. The van der Waals surface area contributed by atoms with E-state index in [4.69, 9.17) is 4.74 Å². The Labute approximate surface area is 182 Å². The van der Waals surface area contributed by atoms with Crippen molar-refractivity contribution in [3.05, 3.63) is 81.5 Å². The molecule has 0 aliphatic carbocycles. The fourth-order valence-corrected chi connectivity index (χ4v) is 3.83. The molecule has 3 aromatic rings. The van der Waals surface area contributed by atoms with Crippen molar-refractivity contribution < 1.29 is 23.9 Å². The van der Waals surface area contributed by atoms with Gasteiger partial charge in [-0.15, -0.1) is 11.3 Å². The molecule has 2 N–H and O–H groups in total. The lowest BCUT2D eigenvalue weighted by Gasteiger charge is -2.17. The molecule has 0 spiro atoms. The Bertz CT molecular complexity index is 1170. The van der Waals surface area contributed by atoms with Crippen LogP contribution in [0.25, 0.3) is 0 Å². The van der Waals surface area contributed by atoms with Crippen LogP contribution in [0.3, 0.4) is 0 Å². The summed E-state index contributed by atoms with van der Waals surface area (Å²) in [6.45, 7) is -0.433. The molecule has 0 radical (unpaired) electrons. The van der Waals surface area contributed by atoms with Gasteiger partial charge in [-0.05, 0) is 53.8 Å². The molecule has 0 saturated heterocycles. The van der Waals surface area contributed by atoms with Gasteiger partial charge in [0.25, 0.3) is 5.91 Å². The Morgan fingerprint density at radius 2 is 1.87 bits per heavy atom. The number of carbonyl (C=O) groups is 4. The summed E-state index contributed by atoms with van der Waals surface area (Å²) in [5, 5.41) is 7.25. The number of nitrogens with one attached hydrogen (secondary N) is 2. The third-order valence-corrected chi connectivity index (χ3v) is 5.67. The first kappa shape index (κ1) is 20.5. The number of benzene rings is 2. The van der Waals surface area contributed by atoms with Crippen LogP contribution in [-0.2, 0) is 16.0 Å². The molecule has 0 saturated carbocycles. The van der Waals surface area contributed by atoms with Crippen LogP contribution in [0.2, 0.25) is 0 Å². The van der Waals surface area contributed by atoms with E-state index >= 15 is 0 Å². The summed E-state index contributed by atoms with van der Waals surface area (Å²) < 4.78 is 5.21. The number of fused-ring (bicyclic) bond motifs is 1. The van der Waals surface area contributed by atoms with Gasteiger partial charge in [-0.3, -0.25) is 14.4 Å². The Morgan fingerprint density at radius 1 is 1.03 bits per heavy atom. The maximum Gasteiger partial charge on any atom is 0.340 e. The van der Waals surface area contributed by atoms with E-state index in [1.54, 1.807) is 53.9 Å². The lowest BCUT2D eigenvalue weighted by Crippen LogP contribution is -2.20. The molecule has 7 nitrogen and oxygen atoms in total. The van der Waals surface area contributed by atoms with Gasteiger partial charge in [-0.1, -0.05) is 18.2 Å². The van der Waals surface area contributed by atoms with Crippen LogP contribution in [0, 0.1) is 0 Å². The SMILES string of the molecule is O=C1CCc2cc(C(=O)COC(=O)c3ccccc3NC(=O)c3cccs3)ccc2N1. The minimum Gasteiger partial charge on any atom is -0.454 e. The molecule has 0 bridgehead atoms. The predicted molar refractivity (Wildman–Crippen MR) is 117 cm³/mol. The van der Waals surface area contributed by atoms with Crippen molar-refractivity contribution in [1.29, 1.82) is 0 Å². The minimum absolute atomic E-state index is 0.0506. The number of esters is 1. The van der Waals surface area contributed by atoms with Gasteiger partial charge in [0.15, 0.2) is 12.4 Å². The number of hydrogen-bond acceptors (Lipinski definition) is 6. The average molecular weight is 434 g/mol. The highest BCUT2D eigenvalue weighted by molar-refractivity contribution is 7.12. The minimum atomic E-state index is -0.708. The van der Waals surface area contributed by atoms with Gasteiger partial charge in [-0.2, -0.15) is 0 Å². The number of amides is 2. The van der Waals surface area contributed by atoms with Gasteiger partial charge in [0.05, 0.1) is 16.1 Å². The smallest absolute Gasteiger partial charge is 0.340 e. The van der Waals surface area contributed by atoms with E-state index in [0.29, 0.717) is 34.7 Å². The summed E-state index contributed by atoms with van der Waals surface area (Å²) in [4.78, 5) is 49.4. The summed E-state index contributed by atoms with van der Waals surface area (Å²) in [6.07, 6.45) is 0.924. The summed E-state index contributed by atoms with van der Waals surface area (Å²) >= 11 is 1.29. The first-order chi connectivity index (χ1) is 15.0. The number of anilines is 2. The van der Waals surface area contributed by atoms with Crippen LogP contribution in [0.1, 0.15) is 42.4 Å². The second kappa shape index (κ2) is 8.93. The van der Waals surface area contributed by atoms with Gasteiger partial charge in [0.1, 0.15) is 0 Å². The van der Waals surface area contributed by atoms with Gasteiger partial charge < -0.3 is 15.4 Å². The molecule has 8 heteroatoms. The van der Waals surface area contributed by atoms with Crippen LogP contribution in [-0.4, -0.2) is 30.2 Å². The Kier molecular flexibility index (Phi) is 5.90. The number of ether oxygens (including phenoxy) is 1. The van der Waals surface area contributed by atoms with E-state index < -0.39 is 12.6 Å². The zero-order chi connectivity index (χ0) is 21.8. The van der Waals surface area contributed by atoms with Gasteiger partial charge in [-0.25, -0.2) is 4.79 Å². The van der Waals surface area contributed by atoms with Crippen LogP contribution in [0.5, 0.6) is 0 Å². The van der Waals surface area contributed by atoms with Crippen molar-refractivity contribution >= 4 is 46.3 Å². The molecule has 4 rings (SSSR count). The highest BCUT2D eigenvalue weighted by atomic mass is 32.1. The largest absolute Gasteiger partial charge is 0.454 e.